The van der Waals surface area contributed by atoms with E-state index >= 15 is 0 Å². The lowest BCUT2D eigenvalue weighted by atomic mass is 10.1. The van der Waals surface area contributed by atoms with Crippen molar-refractivity contribution in [1.29, 1.82) is 0 Å². The third-order valence-corrected chi connectivity index (χ3v) is 4.74. The van der Waals surface area contributed by atoms with Gasteiger partial charge in [-0.25, -0.2) is 4.98 Å². The van der Waals surface area contributed by atoms with Crippen LogP contribution in [0.25, 0.3) is 0 Å². The van der Waals surface area contributed by atoms with E-state index in [4.69, 9.17) is 11.6 Å². The first-order valence-corrected chi connectivity index (χ1v) is 6.99. The fraction of sp³-hybridized carbons (Fsp3) is 0. The molecule has 0 fully saturated rings. The number of amides is 1. The molecule has 1 amide bonds. The second-order valence-electron chi connectivity index (χ2n) is 3.51. The summed E-state index contributed by atoms with van der Waals surface area (Å²) in [5.41, 5.74) is 0.835. The summed E-state index contributed by atoms with van der Waals surface area (Å²) in [5.74, 6) is -1.16. The maximum absolute atomic E-state index is 11.5. The predicted octanol–water partition coefficient (Wildman–Crippen LogP) is 3.08. The smallest absolute Gasteiger partial charge is 0.296 e. The maximum atomic E-state index is 11.5. The highest BCUT2D eigenvalue weighted by atomic mass is 35.5. The number of carbonyl (C=O) groups is 2. The number of rotatable bonds is 2. The summed E-state index contributed by atoms with van der Waals surface area (Å²) in [6, 6.07) is 3.22. The number of hydrogen-bond donors (Lipinski definition) is 1. The molecule has 2 aromatic rings. The van der Waals surface area contributed by atoms with E-state index in [-0.39, 0.29) is 0 Å². The van der Waals surface area contributed by atoms with E-state index in [0.29, 0.717) is 16.3 Å². The van der Waals surface area contributed by atoms with Crippen LogP contribution in [-0.4, -0.2) is 16.7 Å². The summed E-state index contributed by atoms with van der Waals surface area (Å²) < 4.78 is 0.854. The van der Waals surface area contributed by atoms with Crippen molar-refractivity contribution in [3.8, 4) is 0 Å². The Hall–Kier alpha value is -1.37. The Bertz CT molecular complexity index is 655. The molecule has 0 aliphatic carbocycles. The maximum Gasteiger partial charge on any atom is 0.296 e. The van der Waals surface area contributed by atoms with Crippen LogP contribution in [0, 0.1) is 0 Å². The molecule has 1 aliphatic rings. The Morgan fingerprint density at radius 3 is 2.89 bits per heavy atom. The summed E-state index contributed by atoms with van der Waals surface area (Å²) in [5, 5.41) is 4.83. The van der Waals surface area contributed by atoms with Gasteiger partial charge in [0.1, 0.15) is 0 Å². The lowest BCUT2D eigenvalue weighted by Crippen LogP contribution is -2.12. The summed E-state index contributed by atoms with van der Waals surface area (Å²) in [6.07, 6.45) is 1.71. The van der Waals surface area contributed by atoms with Gasteiger partial charge >= 0.3 is 0 Å². The Labute approximate surface area is 115 Å². The number of ketones is 1. The molecule has 18 heavy (non-hydrogen) atoms. The van der Waals surface area contributed by atoms with Crippen molar-refractivity contribution in [1.82, 2.24) is 4.98 Å². The highest BCUT2D eigenvalue weighted by molar-refractivity contribution is 8.01. The van der Waals surface area contributed by atoms with E-state index in [1.54, 1.807) is 12.3 Å². The van der Waals surface area contributed by atoms with Crippen molar-refractivity contribution in [3.05, 3.63) is 34.3 Å². The van der Waals surface area contributed by atoms with Gasteiger partial charge in [-0.2, -0.15) is 0 Å². The van der Waals surface area contributed by atoms with Crippen LogP contribution in [-0.2, 0) is 4.79 Å². The van der Waals surface area contributed by atoms with E-state index in [1.165, 1.54) is 29.2 Å². The van der Waals surface area contributed by atoms with Gasteiger partial charge in [0.25, 0.3) is 11.7 Å². The number of fused-ring (bicyclic) bond motifs is 1. The zero-order valence-corrected chi connectivity index (χ0v) is 11.2. The number of nitrogens with one attached hydrogen (secondary N) is 1. The molecular weight excluding hydrogens is 292 g/mol. The summed E-state index contributed by atoms with van der Waals surface area (Å²) in [4.78, 5) is 27.6. The minimum Gasteiger partial charge on any atom is -0.318 e. The first-order chi connectivity index (χ1) is 8.65. The quantitative estimate of drug-likeness (QED) is 0.865. The average Bonchev–Trinajstić information content (AvgIpc) is 2.92. The topological polar surface area (TPSA) is 59.1 Å². The Kier molecular flexibility index (Phi) is 2.85. The van der Waals surface area contributed by atoms with Crippen molar-refractivity contribution in [2.75, 3.05) is 5.32 Å². The van der Waals surface area contributed by atoms with Gasteiger partial charge in [-0.3, -0.25) is 9.59 Å². The predicted molar refractivity (Wildman–Crippen MR) is 70.6 cm³/mol. The van der Waals surface area contributed by atoms with Gasteiger partial charge in [-0.05, 0) is 12.1 Å². The zero-order valence-electron chi connectivity index (χ0n) is 8.77. The van der Waals surface area contributed by atoms with E-state index in [2.05, 4.69) is 10.3 Å². The van der Waals surface area contributed by atoms with Crippen LogP contribution in [0.15, 0.2) is 32.9 Å². The van der Waals surface area contributed by atoms with Crippen molar-refractivity contribution >= 4 is 52.1 Å². The molecule has 0 saturated heterocycles. The van der Waals surface area contributed by atoms with Crippen molar-refractivity contribution in [2.45, 2.75) is 9.24 Å². The van der Waals surface area contributed by atoms with E-state index in [1.807, 2.05) is 5.38 Å². The van der Waals surface area contributed by atoms with Crippen LogP contribution in [0.1, 0.15) is 10.4 Å². The highest BCUT2D eigenvalue weighted by Gasteiger charge is 2.29. The molecule has 0 unspecified atom stereocenters. The first-order valence-electron chi connectivity index (χ1n) is 4.92. The molecule has 3 rings (SSSR count). The molecule has 0 atom stereocenters. The van der Waals surface area contributed by atoms with Gasteiger partial charge in [-0.1, -0.05) is 23.4 Å². The number of hydrogen-bond acceptors (Lipinski definition) is 5. The minimum atomic E-state index is -0.613. The van der Waals surface area contributed by atoms with Gasteiger partial charge < -0.3 is 5.32 Å². The lowest BCUT2D eigenvalue weighted by Gasteiger charge is -2.04. The molecule has 4 nitrogen and oxygen atoms in total. The molecule has 0 bridgehead atoms. The van der Waals surface area contributed by atoms with Crippen molar-refractivity contribution in [3.63, 3.8) is 0 Å². The summed E-state index contributed by atoms with van der Waals surface area (Å²) in [7, 11) is 0. The summed E-state index contributed by atoms with van der Waals surface area (Å²) in [6.45, 7) is 0. The molecule has 1 aromatic heterocycles. The lowest BCUT2D eigenvalue weighted by molar-refractivity contribution is -0.112. The van der Waals surface area contributed by atoms with Gasteiger partial charge in [-0.15, -0.1) is 11.3 Å². The fourth-order valence-electron chi connectivity index (χ4n) is 1.58. The molecule has 0 saturated carbocycles. The average molecular weight is 297 g/mol. The van der Waals surface area contributed by atoms with Crippen LogP contribution in [0.5, 0.6) is 0 Å². The monoisotopic (exact) mass is 296 g/mol. The highest BCUT2D eigenvalue weighted by Crippen LogP contribution is 2.39. The largest absolute Gasteiger partial charge is 0.318 e. The Morgan fingerprint density at radius 1 is 1.33 bits per heavy atom. The SMILES string of the molecule is O=C1Nc2cc(Sc3nccs3)c(Cl)cc2C1=O. The molecule has 90 valence electrons. The molecule has 7 heteroatoms. The van der Waals surface area contributed by atoms with Crippen LogP contribution in [0.4, 0.5) is 5.69 Å². The van der Waals surface area contributed by atoms with Gasteiger partial charge in [0.05, 0.1) is 16.3 Å². The number of benzene rings is 1. The van der Waals surface area contributed by atoms with E-state index in [0.717, 1.165) is 9.24 Å². The molecular formula is C11H5ClN2O2S2. The summed E-state index contributed by atoms with van der Waals surface area (Å²) >= 11 is 9.00. The molecule has 1 aromatic carbocycles. The Balaban J connectivity index is 2.01. The normalized spacial score (nSPS) is 13.6. The number of aromatic nitrogens is 1. The second-order valence-corrected chi connectivity index (χ2v) is 6.10. The van der Waals surface area contributed by atoms with Gasteiger partial charge in [0.2, 0.25) is 0 Å². The Morgan fingerprint density at radius 2 is 2.17 bits per heavy atom. The molecule has 2 heterocycles. The molecule has 0 radical (unpaired) electrons. The van der Waals surface area contributed by atoms with Crippen LogP contribution in [0.3, 0.4) is 0 Å². The minimum absolute atomic E-state index is 0.327. The number of carbonyl (C=O) groups excluding carboxylic acids is 2. The number of thiazole rings is 1. The second kappa shape index (κ2) is 4.38. The van der Waals surface area contributed by atoms with Crippen LogP contribution < -0.4 is 5.32 Å². The van der Waals surface area contributed by atoms with E-state index in [9.17, 15) is 9.59 Å². The van der Waals surface area contributed by atoms with Crippen LogP contribution in [0.2, 0.25) is 5.02 Å². The standard InChI is InChI=1S/C11H5ClN2O2S2/c12-6-3-5-7(14-10(16)9(5)15)4-8(6)18-11-13-1-2-17-11/h1-4H,(H,14,15,16). The van der Waals surface area contributed by atoms with Crippen LogP contribution >= 0.6 is 34.7 Å². The van der Waals surface area contributed by atoms with E-state index < -0.39 is 11.7 Å². The third-order valence-electron chi connectivity index (χ3n) is 2.38. The molecule has 1 aliphatic heterocycles. The first kappa shape index (κ1) is 11.7. The number of Topliss-reactive ketones (excluding diaryl/α,β-unsaturated/α-hetero) is 1. The van der Waals surface area contributed by atoms with Gasteiger partial charge in [0, 0.05) is 16.5 Å². The van der Waals surface area contributed by atoms with Crippen molar-refractivity contribution < 1.29 is 9.59 Å². The number of anilines is 1. The van der Waals surface area contributed by atoms with Crippen molar-refractivity contribution in [2.24, 2.45) is 0 Å². The molecule has 0 spiro atoms. The number of nitrogens with zero attached hydrogens (tertiary/aromatic N) is 1. The molecule has 1 N–H and O–H groups in total. The third kappa shape index (κ3) is 1.92. The zero-order chi connectivity index (χ0) is 12.7. The fourth-order valence-corrected chi connectivity index (χ4v) is 3.48. The number of halogens is 1. The van der Waals surface area contributed by atoms with Gasteiger partial charge in [0.15, 0.2) is 4.34 Å².